The van der Waals surface area contributed by atoms with E-state index < -0.39 is 18.0 Å². The number of hydrogen-bond acceptors (Lipinski definition) is 7. The lowest BCUT2D eigenvalue weighted by atomic mass is 9.70. The summed E-state index contributed by atoms with van der Waals surface area (Å²) < 4.78 is 44.1. The Morgan fingerprint density at radius 2 is 1.84 bits per heavy atom. The van der Waals surface area contributed by atoms with E-state index in [1.165, 1.54) is 0 Å². The number of amides is 2. The second-order valence-electron chi connectivity index (χ2n) is 11.4. The predicted molar refractivity (Wildman–Crippen MR) is 135 cm³/mol. The van der Waals surface area contributed by atoms with Crippen molar-refractivity contribution in [2.24, 2.45) is 29.6 Å². The Hall–Kier alpha value is -0.790. The van der Waals surface area contributed by atoms with Crippen LogP contribution in [0.2, 0.25) is 0 Å². The number of thioether (sulfide) groups is 1. The first-order valence-corrected chi connectivity index (χ1v) is 14.6. The van der Waals surface area contributed by atoms with Crippen LogP contribution in [0, 0.1) is 29.6 Å². The van der Waals surface area contributed by atoms with Crippen molar-refractivity contribution in [3.8, 4) is 0 Å². The molecule has 4 N–H and O–H groups in total. The largest absolute Gasteiger partial charge is 0.391 e. The Kier molecular flexibility index (Phi) is 8.25. The summed E-state index contributed by atoms with van der Waals surface area (Å²) in [6, 6.07) is 0.316. The zero-order valence-electron chi connectivity index (χ0n) is 21.1. The maximum absolute atomic E-state index is 13.5. The molecule has 9 unspecified atom stereocenters. The van der Waals surface area contributed by atoms with Gasteiger partial charge >= 0.3 is 6.18 Å². The van der Waals surface area contributed by atoms with Crippen molar-refractivity contribution < 1.29 is 27.5 Å². The molecule has 5 aliphatic rings. The Morgan fingerprint density at radius 1 is 1.08 bits per heavy atom. The molecule has 13 heteroatoms. The van der Waals surface area contributed by atoms with Gasteiger partial charge in [0.15, 0.2) is 0 Å². The average Bonchev–Trinajstić information content (AvgIpc) is 3.35. The molecule has 0 spiro atoms. The molecule has 0 radical (unpaired) electrons. The number of piperidine rings is 2. The van der Waals surface area contributed by atoms with Crippen LogP contribution >= 0.6 is 23.4 Å². The van der Waals surface area contributed by atoms with Crippen molar-refractivity contribution in [1.82, 2.24) is 26.2 Å². The number of halogens is 4. The first-order chi connectivity index (χ1) is 17.5. The lowest BCUT2D eigenvalue weighted by Gasteiger charge is -2.45. The number of carbonyl (C=O) groups is 2. The molecule has 210 valence electrons. The van der Waals surface area contributed by atoms with Crippen molar-refractivity contribution in [1.29, 1.82) is 0 Å². The van der Waals surface area contributed by atoms with Crippen molar-refractivity contribution in [3.63, 3.8) is 0 Å². The number of likely N-dealkylation sites (tertiary alicyclic amines) is 1. The summed E-state index contributed by atoms with van der Waals surface area (Å²) >= 11 is 8.01. The van der Waals surface area contributed by atoms with Gasteiger partial charge in [-0.1, -0.05) is 0 Å². The van der Waals surface area contributed by atoms with Crippen molar-refractivity contribution in [3.05, 3.63) is 0 Å². The Labute approximate surface area is 224 Å². The molecule has 1 saturated carbocycles. The Balaban J connectivity index is 1.14. The van der Waals surface area contributed by atoms with Crippen LogP contribution in [0.5, 0.6) is 0 Å². The molecule has 0 aromatic rings. The van der Waals surface area contributed by atoms with Gasteiger partial charge in [0.25, 0.3) is 0 Å². The molecule has 4 heterocycles. The third-order valence-corrected chi connectivity index (χ3v) is 10.7. The van der Waals surface area contributed by atoms with Crippen LogP contribution in [0.4, 0.5) is 13.2 Å². The van der Waals surface area contributed by atoms with E-state index in [9.17, 15) is 22.8 Å². The third kappa shape index (κ3) is 5.89. The highest BCUT2D eigenvalue weighted by molar-refractivity contribution is 8.00. The number of rotatable bonds is 5. The highest BCUT2D eigenvalue weighted by atomic mass is 35.5. The van der Waals surface area contributed by atoms with Gasteiger partial charge in [-0.05, 0) is 44.4 Å². The van der Waals surface area contributed by atoms with Gasteiger partial charge in [-0.2, -0.15) is 13.2 Å². The maximum Gasteiger partial charge on any atom is 0.391 e. The molecule has 0 bridgehead atoms. The summed E-state index contributed by atoms with van der Waals surface area (Å²) in [4.78, 5) is 27.9. The smallest absolute Gasteiger partial charge is 0.380 e. The first kappa shape index (κ1) is 27.8. The number of nitrogens with zero attached hydrogens (tertiary/aromatic N) is 1. The number of fused-ring (bicyclic) bond motifs is 1. The van der Waals surface area contributed by atoms with Gasteiger partial charge in [0.05, 0.1) is 23.4 Å². The van der Waals surface area contributed by atoms with E-state index in [1.54, 1.807) is 23.8 Å². The number of alkyl halides is 4. The molecule has 37 heavy (non-hydrogen) atoms. The predicted octanol–water partition coefficient (Wildman–Crippen LogP) is 1.69. The summed E-state index contributed by atoms with van der Waals surface area (Å²) in [5.74, 6) is -1.93. The standard InChI is InChI=1S/C24H37ClF3N5O3S/c1-11-3-14(15-6-20(25)30-8-18(15)36-2)16(7-29-11)21(34)32-23-31-17-9-33(10-19(17)37-23)22(35)12-4-13(5-12)24(26,27)28/h11-20,23,29-31H,3-10H2,1-2H3,(H,32,34). The minimum Gasteiger partial charge on any atom is -0.380 e. The molecule has 0 aromatic carbocycles. The van der Waals surface area contributed by atoms with Crippen LogP contribution < -0.4 is 21.3 Å². The van der Waals surface area contributed by atoms with Crippen molar-refractivity contribution >= 4 is 35.2 Å². The summed E-state index contributed by atoms with van der Waals surface area (Å²) in [5, 5.41) is 13.4. The molecule has 2 amide bonds. The highest BCUT2D eigenvalue weighted by Gasteiger charge is 2.53. The summed E-state index contributed by atoms with van der Waals surface area (Å²) in [6.07, 6.45) is -2.80. The molecule has 5 fully saturated rings. The average molecular weight is 568 g/mol. The summed E-state index contributed by atoms with van der Waals surface area (Å²) in [5.41, 5.74) is -0.397. The quantitative estimate of drug-likeness (QED) is 0.297. The summed E-state index contributed by atoms with van der Waals surface area (Å²) in [6.45, 7) is 4.35. The first-order valence-electron chi connectivity index (χ1n) is 13.2. The Bertz CT molecular complexity index is 852. The molecule has 4 aliphatic heterocycles. The molecular weight excluding hydrogens is 531 g/mol. The van der Waals surface area contributed by atoms with Gasteiger partial charge < -0.3 is 20.3 Å². The van der Waals surface area contributed by atoms with E-state index in [4.69, 9.17) is 16.3 Å². The summed E-state index contributed by atoms with van der Waals surface area (Å²) in [7, 11) is 1.71. The molecular formula is C24H37ClF3N5O3S. The molecule has 9 atom stereocenters. The van der Waals surface area contributed by atoms with Crippen LogP contribution in [-0.2, 0) is 14.3 Å². The van der Waals surface area contributed by atoms with Gasteiger partial charge in [-0.3, -0.25) is 20.2 Å². The fourth-order valence-corrected chi connectivity index (χ4v) is 8.49. The minimum absolute atomic E-state index is 0.00420. The van der Waals surface area contributed by atoms with Crippen LogP contribution in [0.15, 0.2) is 0 Å². The Morgan fingerprint density at radius 3 is 2.51 bits per heavy atom. The monoisotopic (exact) mass is 567 g/mol. The zero-order chi connectivity index (χ0) is 26.5. The van der Waals surface area contributed by atoms with E-state index in [-0.39, 0.29) is 70.8 Å². The molecule has 5 rings (SSSR count). The fraction of sp³-hybridized carbons (Fsp3) is 0.917. The van der Waals surface area contributed by atoms with Gasteiger partial charge in [-0.15, -0.1) is 23.4 Å². The number of nitrogens with one attached hydrogen (secondary N) is 4. The third-order valence-electron chi connectivity index (χ3n) is 8.99. The molecule has 0 aromatic heterocycles. The number of methoxy groups -OCH3 is 1. The molecule has 8 nitrogen and oxygen atoms in total. The number of ether oxygens (including phenoxy) is 1. The number of hydrogen-bond donors (Lipinski definition) is 4. The zero-order valence-corrected chi connectivity index (χ0v) is 22.7. The van der Waals surface area contributed by atoms with E-state index in [0.29, 0.717) is 32.2 Å². The SMILES string of the molecule is COC1CNC(Cl)CC1C1CC(C)NCC1C(=O)NC1NC2CN(C(=O)C3CC(C(F)(F)F)C3)CC2S1. The maximum atomic E-state index is 13.5. The van der Waals surface area contributed by atoms with Crippen LogP contribution in [0.1, 0.15) is 32.6 Å². The van der Waals surface area contributed by atoms with Crippen LogP contribution in [0.25, 0.3) is 0 Å². The van der Waals surface area contributed by atoms with Gasteiger partial charge in [0.2, 0.25) is 11.8 Å². The van der Waals surface area contributed by atoms with E-state index in [0.717, 1.165) is 12.8 Å². The van der Waals surface area contributed by atoms with Gasteiger partial charge in [-0.25, -0.2) is 0 Å². The van der Waals surface area contributed by atoms with Gasteiger partial charge in [0, 0.05) is 56.5 Å². The second-order valence-corrected chi connectivity index (χ2v) is 13.2. The van der Waals surface area contributed by atoms with Crippen molar-refractivity contribution in [2.75, 3.05) is 33.3 Å². The lowest BCUT2D eigenvalue weighted by Crippen LogP contribution is -2.57. The van der Waals surface area contributed by atoms with Crippen LogP contribution in [-0.4, -0.2) is 90.6 Å². The lowest BCUT2D eigenvalue weighted by molar-refractivity contribution is -0.206. The van der Waals surface area contributed by atoms with Crippen molar-refractivity contribution in [2.45, 2.75) is 73.2 Å². The van der Waals surface area contributed by atoms with E-state index in [2.05, 4.69) is 28.2 Å². The van der Waals surface area contributed by atoms with E-state index >= 15 is 0 Å². The topological polar surface area (TPSA) is 94.7 Å². The fourth-order valence-electron chi connectivity index (χ4n) is 6.79. The van der Waals surface area contributed by atoms with Gasteiger partial charge in [0.1, 0.15) is 5.50 Å². The second kappa shape index (κ2) is 11.0. The van der Waals surface area contributed by atoms with E-state index in [1.807, 2.05) is 0 Å². The normalized spacial score (nSPS) is 44.3. The molecule has 1 aliphatic carbocycles. The highest BCUT2D eigenvalue weighted by Crippen LogP contribution is 2.46. The molecule has 4 saturated heterocycles. The number of carbonyl (C=O) groups excluding carboxylic acids is 2. The van der Waals surface area contributed by atoms with Crippen LogP contribution in [0.3, 0.4) is 0 Å². The minimum atomic E-state index is -4.21.